The number of urea groups is 1. The first-order chi connectivity index (χ1) is 6.77. The molecule has 1 unspecified atom stereocenters. The van der Waals surface area contributed by atoms with Gasteiger partial charge < -0.3 is 10.4 Å². The fraction of sp³-hybridized carbons (Fsp3) is 0.667. The van der Waals surface area contributed by atoms with Crippen molar-refractivity contribution < 1.29 is 27.9 Å². The topological polar surface area (TPSA) is 90.5 Å². The second-order valence-corrected chi connectivity index (χ2v) is 2.51. The zero-order chi connectivity index (χ0) is 12.1. The molecule has 0 heterocycles. The number of aliphatic hydroxyl groups is 1. The molecular formula is C6H10F3N3O3. The zero-order valence-electron chi connectivity index (χ0n) is 7.68. The first-order valence-electron chi connectivity index (χ1n) is 3.78. The number of halogens is 3. The quantitative estimate of drug-likeness (QED) is 0.470. The van der Waals surface area contributed by atoms with E-state index in [0.717, 1.165) is 0 Å². The molecule has 9 heteroatoms. The van der Waals surface area contributed by atoms with Gasteiger partial charge in [-0.25, -0.2) is 10.2 Å². The van der Waals surface area contributed by atoms with Crippen molar-refractivity contribution in [2.75, 3.05) is 7.05 Å². The molecule has 0 fully saturated rings. The van der Waals surface area contributed by atoms with Gasteiger partial charge in [-0.15, -0.1) is 0 Å². The lowest BCUT2D eigenvalue weighted by molar-refractivity contribution is -0.206. The van der Waals surface area contributed by atoms with Crippen LogP contribution in [0.25, 0.3) is 0 Å². The molecule has 0 spiro atoms. The summed E-state index contributed by atoms with van der Waals surface area (Å²) in [7, 11) is 1.26. The first kappa shape index (κ1) is 13.5. The van der Waals surface area contributed by atoms with Gasteiger partial charge in [-0.1, -0.05) is 0 Å². The van der Waals surface area contributed by atoms with Crippen molar-refractivity contribution in [3.63, 3.8) is 0 Å². The summed E-state index contributed by atoms with van der Waals surface area (Å²) in [5.41, 5.74) is 3.44. The SMILES string of the molecule is CNC(=O)NNC(=O)CC(O)C(F)(F)F. The molecule has 4 N–H and O–H groups in total. The van der Waals surface area contributed by atoms with Crippen LogP contribution in [-0.2, 0) is 4.79 Å². The van der Waals surface area contributed by atoms with Crippen LogP contribution in [0.4, 0.5) is 18.0 Å². The molecule has 0 radical (unpaired) electrons. The maximum atomic E-state index is 11.7. The lowest BCUT2D eigenvalue weighted by Gasteiger charge is -2.14. The van der Waals surface area contributed by atoms with E-state index in [1.165, 1.54) is 7.05 Å². The van der Waals surface area contributed by atoms with Gasteiger partial charge in [-0.05, 0) is 0 Å². The van der Waals surface area contributed by atoms with Crippen LogP contribution in [0.15, 0.2) is 0 Å². The monoisotopic (exact) mass is 229 g/mol. The number of rotatable bonds is 2. The maximum Gasteiger partial charge on any atom is 0.414 e. The van der Waals surface area contributed by atoms with Crippen molar-refractivity contribution in [2.45, 2.75) is 18.7 Å². The van der Waals surface area contributed by atoms with Crippen molar-refractivity contribution in [3.05, 3.63) is 0 Å². The molecule has 0 aliphatic carbocycles. The fourth-order valence-corrected chi connectivity index (χ4v) is 0.531. The minimum atomic E-state index is -4.86. The number of carbonyl (C=O) groups excluding carboxylic acids is 2. The molecule has 1 atom stereocenters. The number of amides is 3. The highest BCUT2D eigenvalue weighted by atomic mass is 19.4. The van der Waals surface area contributed by atoms with E-state index in [9.17, 15) is 22.8 Å². The number of carbonyl (C=O) groups is 2. The highest BCUT2D eigenvalue weighted by molar-refractivity contribution is 5.81. The normalized spacial score (nSPS) is 12.9. The number of hydrogen-bond donors (Lipinski definition) is 4. The summed E-state index contributed by atoms with van der Waals surface area (Å²) in [6.07, 6.45) is -8.78. The van der Waals surface area contributed by atoms with Gasteiger partial charge in [0.1, 0.15) is 0 Å². The standard InChI is InChI=1S/C6H10F3N3O3/c1-10-5(15)12-11-4(14)2-3(13)6(7,8)9/h3,13H,2H2,1H3,(H,11,14)(H2,10,12,15). The van der Waals surface area contributed by atoms with E-state index >= 15 is 0 Å². The summed E-state index contributed by atoms with van der Waals surface area (Å²) in [6, 6.07) is -0.787. The van der Waals surface area contributed by atoms with E-state index in [1.807, 2.05) is 0 Å². The average molecular weight is 229 g/mol. The number of alkyl halides is 3. The maximum absolute atomic E-state index is 11.7. The second-order valence-electron chi connectivity index (χ2n) is 2.51. The Hall–Kier alpha value is -1.51. The van der Waals surface area contributed by atoms with Crippen molar-refractivity contribution in [1.29, 1.82) is 0 Å². The van der Waals surface area contributed by atoms with Gasteiger partial charge in [0.25, 0.3) is 0 Å². The highest BCUT2D eigenvalue weighted by Gasteiger charge is 2.39. The van der Waals surface area contributed by atoms with E-state index in [-0.39, 0.29) is 0 Å². The van der Waals surface area contributed by atoms with E-state index in [4.69, 9.17) is 5.11 Å². The Morgan fingerprint density at radius 3 is 2.27 bits per heavy atom. The Kier molecular flexibility index (Phi) is 4.85. The first-order valence-corrected chi connectivity index (χ1v) is 3.78. The van der Waals surface area contributed by atoms with E-state index in [0.29, 0.717) is 0 Å². The molecular weight excluding hydrogens is 219 g/mol. The van der Waals surface area contributed by atoms with Gasteiger partial charge >= 0.3 is 12.2 Å². The smallest absolute Gasteiger partial charge is 0.383 e. The fourth-order valence-electron chi connectivity index (χ4n) is 0.531. The Morgan fingerprint density at radius 2 is 1.87 bits per heavy atom. The summed E-state index contributed by atoms with van der Waals surface area (Å²) in [4.78, 5) is 21.2. The van der Waals surface area contributed by atoms with Crippen LogP contribution in [-0.4, -0.2) is 36.4 Å². The van der Waals surface area contributed by atoms with Crippen molar-refractivity contribution in [1.82, 2.24) is 16.2 Å². The molecule has 0 aromatic heterocycles. The van der Waals surface area contributed by atoms with Crippen LogP contribution in [0.2, 0.25) is 0 Å². The predicted octanol–water partition coefficient (Wildman–Crippen LogP) is -0.740. The molecule has 88 valence electrons. The molecule has 0 saturated carbocycles. The third kappa shape index (κ3) is 5.73. The van der Waals surface area contributed by atoms with Gasteiger partial charge in [0.05, 0.1) is 6.42 Å². The van der Waals surface area contributed by atoms with Gasteiger partial charge in [0.2, 0.25) is 5.91 Å². The highest BCUT2D eigenvalue weighted by Crippen LogP contribution is 2.21. The molecule has 15 heavy (non-hydrogen) atoms. The average Bonchev–Trinajstić information content (AvgIpc) is 2.12. The molecule has 0 bridgehead atoms. The molecule has 0 aliphatic rings. The van der Waals surface area contributed by atoms with Crippen LogP contribution in [0, 0.1) is 0 Å². The predicted molar refractivity (Wildman–Crippen MR) is 42.4 cm³/mol. The third-order valence-corrected chi connectivity index (χ3v) is 1.30. The van der Waals surface area contributed by atoms with Gasteiger partial charge in [0, 0.05) is 7.05 Å². The summed E-state index contributed by atoms with van der Waals surface area (Å²) in [5, 5.41) is 10.5. The lowest BCUT2D eigenvalue weighted by atomic mass is 10.2. The number of hydrazine groups is 1. The lowest BCUT2D eigenvalue weighted by Crippen LogP contribution is -2.47. The largest absolute Gasteiger partial charge is 0.414 e. The Labute approximate surface area is 82.8 Å². The van der Waals surface area contributed by atoms with E-state index in [2.05, 4.69) is 5.32 Å². The molecule has 0 rings (SSSR count). The van der Waals surface area contributed by atoms with Crippen LogP contribution >= 0.6 is 0 Å². The molecule has 0 aliphatic heterocycles. The van der Waals surface area contributed by atoms with Crippen LogP contribution in [0.3, 0.4) is 0 Å². The van der Waals surface area contributed by atoms with Crippen molar-refractivity contribution in [2.24, 2.45) is 0 Å². The molecule has 6 nitrogen and oxygen atoms in total. The Morgan fingerprint density at radius 1 is 1.33 bits per heavy atom. The Bertz CT molecular complexity index is 244. The second kappa shape index (κ2) is 5.39. The van der Waals surface area contributed by atoms with E-state index in [1.54, 1.807) is 10.9 Å². The molecule has 0 aromatic rings. The molecule has 0 saturated heterocycles. The van der Waals surface area contributed by atoms with Crippen LogP contribution in [0.5, 0.6) is 0 Å². The Balaban J connectivity index is 3.90. The minimum absolute atomic E-state index is 0.787. The van der Waals surface area contributed by atoms with Crippen molar-refractivity contribution >= 4 is 11.9 Å². The minimum Gasteiger partial charge on any atom is -0.383 e. The molecule has 0 aromatic carbocycles. The van der Waals surface area contributed by atoms with Gasteiger partial charge in [-0.2, -0.15) is 13.2 Å². The van der Waals surface area contributed by atoms with Crippen molar-refractivity contribution in [3.8, 4) is 0 Å². The molecule has 3 amide bonds. The van der Waals surface area contributed by atoms with E-state index < -0.39 is 30.6 Å². The van der Waals surface area contributed by atoms with Crippen LogP contribution < -0.4 is 16.2 Å². The summed E-state index contributed by atoms with van der Waals surface area (Å²) in [6.45, 7) is 0. The zero-order valence-corrected chi connectivity index (χ0v) is 7.68. The summed E-state index contributed by atoms with van der Waals surface area (Å²) < 4.78 is 35.2. The number of hydrogen-bond acceptors (Lipinski definition) is 3. The number of nitrogens with one attached hydrogen (secondary N) is 3. The summed E-state index contributed by atoms with van der Waals surface area (Å²) >= 11 is 0. The number of aliphatic hydroxyl groups excluding tert-OH is 1. The van der Waals surface area contributed by atoms with Gasteiger partial charge in [0.15, 0.2) is 6.10 Å². The third-order valence-electron chi connectivity index (χ3n) is 1.30. The van der Waals surface area contributed by atoms with Crippen LogP contribution in [0.1, 0.15) is 6.42 Å². The summed E-state index contributed by atoms with van der Waals surface area (Å²) in [5.74, 6) is -1.15. The van der Waals surface area contributed by atoms with Gasteiger partial charge in [-0.3, -0.25) is 10.2 Å².